The fourth-order valence-electron chi connectivity index (χ4n) is 3.49. The van der Waals surface area contributed by atoms with Crippen LogP contribution in [0.4, 0.5) is 13.2 Å². The van der Waals surface area contributed by atoms with Crippen molar-refractivity contribution >= 4 is 21.6 Å². The van der Waals surface area contributed by atoms with Gasteiger partial charge in [-0.2, -0.15) is 4.31 Å². The number of aliphatic imine (C=N–C) groups is 1. The molecule has 2 heterocycles. The van der Waals surface area contributed by atoms with Crippen LogP contribution in [0.5, 0.6) is 0 Å². The lowest BCUT2D eigenvalue weighted by atomic mass is 10.00. The van der Waals surface area contributed by atoms with Crippen LogP contribution in [0.1, 0.15) is 18.4 Å². The Bertz CT molecular complexity index is 1110. The molecule has 0 saturated carbocycles. The summed E-state index contributed by atoms with van der Waals surface area (Å²) in [5.74, 6) is -3.21. The van der Waals surface area contributed by atoms with Gasteiger partial charge in [0.25, 0.3) is 5.91 Å². The number of halogens is 3. The Kier molecular flexibility index (Phi) is 4.70. The van der Waals surface area contributed by atoms with Crippen molar-refractivity contribution in [3.8, 4) is 0 Å². The van der Waals surface area contributed by atoms with Gasteiger partial charge in [0.1, 0.15) is 17.2 Å². The van der Waals surface area contributed by atoms with Gasteiger partial charge >= 0.3 is 0 Å². The molecule has 1 N–H and O–H groups in total. The first kappa shape index (κ1) is 19.6. The van der Waals surface area contributed by atoms with Crippen LogP contribution >= 0.6 is 0 Å². The van der Waals surface area contributed by atoms with Gasteiger partial charge in [-0.05, 0) is 42.5 Å². The molecule has 0 radical (unpaired) electrons. The highest BCUT2D eigenvalue weighted by molar-refractivity contribution is 7.89. The van der Waals surface area contributed by atoms with E-state index in [4.69, 9.17) is 0 Å². The van der Waals surface area contributed by atoms with Crippen LogP contribution in [-0.2, 0) is 14.8 Å². The maximum atomic E-state index is 13.4. The van der Waals surface area contributed by atoms with E-state index in [1.807, 2.05) is 0 Å². The van der Waals surface area contributed by atoms with Crippen LogP contribution in [0.3, 0.4) is 0 Å². The van der Waals surface area contributed by atoms with Crippen molar-refractivity contribution in [1.82, 2.24) is 9.62 Å². The molecule has 2 aliphatic heterocycles. The fraction of sp³-hybridized carbons (Fsp3) is 0.263. The van der Waals surface area contributed by atoms with Gasteiger partial charge in [0.15, 0.2) is 11.6 Å². The average molecular weight is 423 g/mol. The van der Waals surface area contributed by atoms with E-state index in [1.54, 1.807) is 0 Å². The fourth-order valence-corrected chi connectivity index (χ4v) is 4.94. The standard InChI is InChI=1S/C19H16F3N3O3S/c20-13-3-1-12(2-4-13)17-18(26)24-19(23-17)7-9-25(10-8-19)29(27,28)14-5-6-15(21)16(22)11-14/h1-6,11H,7-10H2,(H,24,26). The van der Waals surface area contributed by atoms with Gasteiger partial charge < -0.3 is 5.32 Å². The molecular formula is C19H16F3N3O3S. The Morgan fingerprint density at radius 2 is 1.62 bits per heavy atom. The maximum Gasteiger partial charge on any atom is 0.272 e. The van der Waals surface area contributed by atoms with Crippen LogP contribution in [0.2, 0.25) is 0 Å². The Morgan fingerprint density at radius 3 is 2.24 bits per heavy atom. The summed E-state index contributed by atoms with van der Waals surface area (Å²) in [5, 5.41) is 2.79. The van der Waals surface area contributed by atoms with Crippen molar-refractivity contribution < 1.29 is 26.4 Å². The summed E-state index contributed by atoms with van der Waals surface area (Å²) in [5.41, 5.74) is -0.305. The van der Waals surface area contributed by atoms with Gasteiger partial charge in [0, 0.05) is 31.5 Å². The molecule has 0 unspecified atom stereocenters. The Labute approximate surface area is 165 Å². The molecule has 1 spiro atoms. The Hall–Kier alpha value is -2.72. The number of carbonyl (C=O) groups is 1. The summed E-state index contributed by atoms with van der Waals surface area (Å²) in [6, 6.07) is 7.80. The molecule has 0 aliphatic carbocycles. The number of piperidine rings is 1. The minimum atomic E-state index is -4.01. The third kappa shape index (κ3) is 3.53. The zero-order chi connectivity index (χ0) is 20.8. The Morgan fingerprint density at radius 1 is 0.966 bits per heavy atom. The predicted molar refractivity (Wildman–Crippen MR) is 98.2 cm³/mol. The molecule has 1 saturated heterocycles. The second kappa shape index (κ2) is 6.96. The first-order valence-corrected chi connectivity index (χ1v) is 10.3. The number of amides is 1. The number of rotatable bonds is 3. The topological polar surface area (TPSA) is 78.8 Å². The first-order valence-electron chi connectivity index (χ1n) is 8.84. The van der Waals surface area contributed by atoms with E-state index in [2.05, 4.69) is 10.3 Å². The van der Waals surface area contributed by atoms with Crippen molar-refractivity contribution in [2.24, 2.45) is 4.99 Å². The molecule has 1 fully saturated rings. The third-order valence-electron chi connectivity index (χ3n) is 5.08. The summed E-state index contributed by atoms with van der Waals surface area (Å²) >= 11 is 0. The summed E-state index contributed by atoms with van der Waals surface area (Å²) in [6.07, 6.45) is 0.429. The number of hydrogen-bond donors (Lipinski definition) is 1. The highest BCUT2D eigenvalue weighted by Gasteiger charge is 2.44. The lowest BCUT2D eigenvalue weighted by Gasteiger charge is -2.36. The zero-order valence-electron chi connectivity index (χ0n) is 15.0. The van der Waals surface area contributed by atoms with E-state index >= 15 is 0 Å². The second-order valence-electron chi connectivity index (χ2n) is 6.93. The van der Waals surface area contributed by atoms with Crippen LogP contribution in [0.25, 0.3) is 0 Å². The monoisotopic (exact) mass is 423 g/mol. The molecule has 2 aliphatic rings. The van der Waals surface area contributed by atoms with Crippen molar-refractivity contribution in [3.63, 3.8) is 0 Å². The molecule has 10 heteroatoms. The van der Waals surface area contributed by atoms with Crippen molar-refractivity contribution in [2.45, 2.75) is 23.4 Å². The molecule has 0 atom stereocenters. The van der Waals surface area contributed by atoms with Crippen molar-refractivity contribution in [3.05, 3.63) is 65.5 Å². The molecule has 2 aromatic carbocycles. The second-order valence-corrected chi connectivity index (χ2v) is 8.87. The zero-order valence-corrected chi connectivity index (χ0v) is 15.8. The number of sulfonamides is 1. The molecule has 1 amide bonds. The van der Waals surface area contributed by atoms with Gasteiger partial charge in [-0.25, -0.2) is 21.6 Å². The van der Waals surface area contributed by atoms with E-state index in [9.17, 15) is 26.4 Å². The lowest BCUT2D eigenvalue weighted by Crippen LogP contribution is -2.52. The minimum absolute atomic E-state index is 0.0435. The van der Waals surface area contributed by atoms with Gasteiger partial charge in [-0.15, -0.1) is 0 Å². The average Bonchev–Trinajstić information content (AvgIpc) is 3.00. The normalized spacial score (nSPS) is 19.3. The van der Waals surface area contributed by atoms with E-state index in [-0.39, 0.29) is 36.5 Å². The molecule has 0 bridgehead atoms. The molecule has 6 nitrogen and oxygen atoms in total. The third-order valence-corrected chi connectivity index (χ3v) is 6.98. The smallest absolute Gasteiger partial charge is 0.272 e. The van der Waals surface area contributed by atoms with Gasteiger partial charge in [0.2, 0.25) is 10.0 Å². The van der Waals surface area contributed by atoms with Crippen molar-refractivity contribution in [2.75, 3.05) is 13.1 Å². The summed E-state index contributed by atoms with van der Waals surface area (Å²) in [7, 11) is -4.01. The SMILES string of the molecule is O=C1NC2(CCN(S(=O)(=O)c3ccc(F)c(F)c3)CC2)N=C1c1ccc(F)cc1. The molecule has 2 aromatic rings. The van der Waals surface area contributed by atoms with Gasteiger partial charge in [-0.1, -0.05) is 0 Å². The van der Waals surface area contributed by atoms with Gasteiger partial charge in [0.05, 0.1) is 4.90 Å². The number of nitrogens with zero attached hydrogens (tertiary/aromatic N) is 2. The Balaban J connectivity index is 1.53. The minimum Gasteiger partial charge on any atom is -0.326 e. The molecule has 4 rings (SSSR count). The van der Waals surface area contributed by atoms with Gasteiger partial charge in [-0.3, -0.25) is 9.79 Å². The van der Waals surface area contributed by atoms with Crippen LogP contribution in [-0.4, -0.2) is 43.1 Å². The molecular weight excluding hydrogens is 407 g/mol. The maximum absolute atomic E-state index is 13.4. The quantitative estimate of drug-likeness (QED) is 0.822. The highest BCUT2D eigenvalue weighted by Crippen LogP contribution is 2.31. The van der Waals surface area contributed by atoms with Crippen molar-refractivity contribution in [1.29, 1.82) is 0 Å². The van der Waals surface area contributed by atoms with E-state index in [1.165, 1.54) is 24.3 Å². The van der Waals surface area contributed by atoms with E-state index in [0.29, 0.717) is 11.6 Å². The van der Waals surface area contributed by atoms with E-state index in [0.717, 1.165) is 16.4 Å². The summed E-state index contributed by atoms with van der Waals surface area (Å²) < 4.78 is 66.2. The highest BCUT2D eigenvalue weighted by atomic mass is 32.2. The number of carbonyl (C=O) groups excluding carboxylic acids is 1. The van der Waals surface area contributed by atoms with E-state index < -0.39 is 39.0 Å². The number of nitrogens with one attached hydrogen (secondary N) is 1. The molecule has 29 heavy (non-hydrogen) atoms. The van der Waals surface area contributed by atoms with Crippen LogP contribution in [0.15, 0.2) is 52.4 Å². The molecule has 0 aromatic heterocycles. The number of benzene rings is 2. The summed E-state index contributed by atoms with van der Waals surface area (Å²) in [6.45, 7) is 0.0869. The largest absolute Gasteiger partial charge is 0.326 e. The lowest BCUT2D eigenvalue weighted by molar-refractivity contribution is -0.115. The number of hydrogen-bond acceptors (Lipinski definition) is 4. The summed E-state index contributed by atoms with van der Waals surface area (Å²) in [4.78, 5) is 16.5. The predicted octanol–water partition coefficient (Wildman–Crippen LogP) is 2.20. The van der Waals surface area contributed by atoms with Crippen LogP contribution < -0.4 is 5.32 Å². The van der Waals surface area contributed by atoms with Crippen LogP contribution in [0, 0.1) is 17.5 Å². The first-order chi connectivity index (χ1) is 13.7. The molecule has 152 valence electrons.